The molecule has 0 aromatic heterocycles. The number of morpholine rings is 1. The lowest BCUT2D eigenvalue weighted by atomic mass is 9.90. The van der Waals surface area contributed by atoms with E-state index in [0.717, 1.165) is 5.56 Å². The smallest absolute Gasteiger partial charge is 0.333 e. The van der Waals surface area contributed by atoms with E-state index >= 15 is 0 Å². The molecule has 1 fully saturated rings. The summed E-state index contributed by atoms with van der Waals surface area (Å²) in [6, 6.07) is 8.92. The van der Waals surface area contributed by atoms with Crippen LogP contribution >= 0.6 is 0 Å². The first-order chi connectivity index (χ1) is 9.54. The standard InChI is InChI=1S/C14H18N2O4/c15-14(13(18)19,10-11-4-2-1-3-5-11)12(17)16-6-8-20-9-7-16/h1-5H,6-10,15H2,(H,18,19)/t14-/m1/s1. The Morgan fingerprint density at radius 1 is 1.25 bits per heavy atom. The van der Waals surface area contributed by atoms with Crippen LogP contribution in [-0.2, 0) is 20.7 Å². The first kappa shape index (κ1) is 14.5. The van der Waals surface area contributed by atoms with Crippen molar-refractivity contribution in [2.24, 2.45) is 5.73 Å². The molecule has 3 N–H and O–H groups in total. The van der Waals surface area contributed by atoms with Crippen molar-refractivity contribution in [2.75, 3.05) is 26.3 Å². The Bertz CT molecular complexity index is 485. The molecule has 0 unspecified atom stereocenters. The fourth-order valence-corrected chi connectivity index (χ4v) is 2.21. The van der Waals surface area contributed by atoms with E-state index in [2.05, 4.69) is 0 Å². The lowest BCUT2D eigenvalue weighted by molar-refractivity contribution is -0.155. The Kier molecular flexibility index (Phi) is 4.36. The predicted molar refractivity (Wildman–Crippen MR) is 72.1 cm³/mol. The fourth-order valence-electron chi connectivity index (χ4n) is 2.21. The van der Waals surface area contributed by atoms with E-state index < -0.39 is 17.4 Å². The molecule has 108 valence electrons. The predicted octanol–water partition coefficient (Wildman–Crippen LogP) is -0.130. The number of carbonyl (C=O) groups excluding carboxylic acids is 1. The van der Waals surface area contributed by atoms with Gasteiger partial charge in [0.25, 0.3) is 5.91 Å². The zero-order chi connectivity index (χ0) is 14.6. The molecule has 1 amide bonds. The van der Waals surface area contributed by atoms with E-state index in [9.17, 15) is 14.7 Å². The maximum Gasteiger partial charge on any atom is 0.333 e. The second kappa shape index (κ2) is 6.02. The van der Waals surface area contributed by atoms with Crippen LogP contribution in [0.15, 0.2) is 30.3 Å². The topological polar surface area (TPSA) is 92.9 Å². The van der Waals surface area contributed by atoms with Gasteiger partial charge in [0.2, 0.25) is 0 Å². The van der Waals surface area contributed by atoms with Crippen LogP contribution in [0.25, 0.3) is 0 Å². The summed E-state index contributed by atoms with van der Waals surface area (Å²) in [7, 11) is 0. The van der Waals surface area contributed by atoms with E-state index in [1.54, 1.807) is 24.3 Å². The Hall–Kier alpha value is -1.92. The number of carboxylic acids is 1. The molecule has 0 saturated carbocycles. The number of ether oxygens (including phenoxy) is 1. The minimum atomic E-state index is -1.93. The molecule has 1 aromatic rings. The van der Waals surface area contributed by atoms with Gasteiger partial charge in [-0.1, -0.05) is 30.3 Å². The average Bonchev–Trinajstić information content (AvgIpc) is 2.48. The first-order valence-corrected chi connectivity index (χ1v) is 6.47. The summed E-state index contributed by atoms with van der Waals surface area (Å²) in [6.07, 6.45) is -0.0284. The number of carbonyl (C=O) groups is 2. The number of hydrogen-bond acceptors (Lipinski definition) is 4. The summed E-state index contributed by atoms with van der Waals surface area (Å²) < 4.78 is 5.16. The van der Waals surface area contributed by atoms with Gasteiger partial charge in [0, 0.05) is 19.5 Å². The molecular formula is C14H18N2O4. The lowest BCUT2D eigenvalue weighted by Gasteiger charge is -2.33. The van der Waals surface area contributed by atoms with Crippen LogP contribution < -0.4 is 5.73 Å². The van der Waals surface area contributed by atoms with Gasteiger partial charge in [-0.2, -0.15) is 0 Å². The molecule has 0 spiro atoms. The summed E-state index contributed by atoms with van der Waals surface area (Å²) >= 11 is 0. The second-order valence-corrected chi connectivity index (χ2v) is 4.84. The van der Waals surface area contributed by atoms with Gasteiger partial charge in [0.05, 0.1) is 13.2 Å². The SMILES string of the molecule is N[C@@](Cc1ccccc1)(C(=O)O)C(=O)N1CCOCC1. The van der Waals surface area contributed by atoms with E-state index in [0.29, 0.717) is 26.3 Å². The molecule has 1 aliphatic rings. The van der Waals surface area contributed by atoms with Gasteiger partial charge < -0.3 is 20.5 Å². The van der Waals surface area contributed by atoms with Gasteiger partial charge in [-0.15, -0.1) is 0 Å². The minimum absolute atomic E-state index is 0.0284. The zero-order valence-electron chi connectivity index (χ0n) is 11.1. The van der Waals surface area contributed by atoms with Gasteiger partial charge in [0.1, 0.15) is 0 Å². The molecule has 6 nitrogen and oxygen atoms in total. The Balaban J connectivity index is 2.20. The molecule has 0 radical (unpaired) electrons. The Morgan fingerprint density at radius 2 is 1.85 bits per heavy atom. The van der Waals surface area contributed by atoms with Crippen molar-refractivity contribution >= 4 is 11.9 Å². The molecule has 1 saturated heterocycles. The highest BCUT2D eigenvalue weighted by Gasteiger charge is 2.45. The number of rotatable bonds is 4. The van der Waals surface area contributed by atoms with Gasteiger partial charge in [-0.3, -0.25) is 4.79 Å². The number of aliphatic carboxylic acids is 1. The number of carboxylic acid groups (broad SMARTS) is 1. The Morgan fingerprint density at radius 3 is 2.40 bits per heavy atom. The monoisotopic (exact) mass is 278 g/mol. The van der Waals surface area contributed by atoms with Gasteiger partial charge in [-0.25, -0.2) is 4.79 Å². The van der Waals surface area contributed by atoms with Gasteiger partial charge in [-0.05, 0) is 5.56 Å². The minimum Gasteiger partial charge on any atom is -0.479 e. The molecule has 2 rings (SSSR count). The normalized spacial score (nSPS) is 18.4. The maximum absolute atomic E-state index is 12.4. The molecule has 1 heterocycles. The molecule has 1 aromatic carbocycles. The van der Waals surface area contributed by atoms with Crippen LogP contribution in [0.2, 0.25) is 0 Å². The zero-order valence-corrected chi connectivity index (χ0v) is 11.1. The summed E-state index contributed by atoms with van der Waals surface area (Å²) in [5.74, 6) is -1.87. The van der Waals surface area contributed by atoms with E-state index in [1.165, 1.54) is 4.90 Å². The summed E-state index contributed by atoms with van der Waals surface area (Å²) in [5.41, 5.74) is 4.71. The number of nitrogens with two attached hydrogens (primary N) is 1. The van der Waals surface area contributed by atoms with Crippen molar-refractivity contribution in [1.82, 2.24) is 4.90 Å². The number of hydrogen-bond donors (Lipinski definition) is 2. The molecule has 6 heteroatoms. The van der Waals surface area contributed by atoms with Crippen molar-refractivity contribution < 1.29 is 19.4 Å². The van der Waals surface area contributed by atoms with Crippen molar-refractivity contribution in [1.29, 1.82) is 0 Å². The third-order valence-electron chi connectivity index (χ3n) is 3.39. The van der Waals surface area contributed by atoms with Crippen molar-refractivity contribution in [3.05, 3.63) is 35.9 Å². The van der Waals surface area contributed by atoms with E-state index in [1.807, 2.05) is 6.07 Å². The highest BCUT2D eigenvalue weighted by atomic mass is 16.5. The third-order valence-corrected chi connectivity index (χ3v) is 3.39. The van der Waals surface area contributed by atoms with Gasteiger partial charge >= 0.3 is 5.97 Å². The second-order valence-electron chi connectivity index (χ2n) is 4.84. The molecule has 1 atom stereocenters. The number of benzene rings is 1. The summed E-state index contributed by atoms with van der Waals surface area (Å²) in [4.78, 5) is 25.4. The van der Waals surface area contributed by atoms with Crippen LogP contribution in [0.1, 0.15) is 5.56 Å². The highest BCUT2D eigenvalue weighted by Crippen LogP contribution is 2.16. The van der Waals surface area contributed by atoms with Crippen molar-refractivity contribution in [3.63, 3.8) is 0 Å². The summed E-state index contributed by atoms with van der Waals surface area (Å²) in [6.45, 7) is 1.57. The van der Waals surface area contributed by atoms with Crippen molar-refractivity contribution in [3.8, 4) is 0 Å². The van der Waals surface area contributed by atoms with Gasteiger partial charge in [0.15, 0.2) is 5.54 Å². The highest BCUT2D eigenvalue weighted by molar-refractivity contribution is 6.06. The largest absolute Gasteiger partial charge is 0.479 e. The fraction of sp³-hybridized carbons (Fsp3) is 0.429. The molecule has 0 bridgehead atoms. The van der Waals surface area contributed by atoms with Crippen LogP contribution in [0.5, 0.6) is 0 Å². The number of nitrogens with zero attached hydrogens (tertiary/aromatic N) is 1. The third kappa shape index (κ3) is 2.97. The summed E-state index contributed by atoms with van der Waals surface area (Å²) in [5, 5.41) is 9.39. The van der Waals surface area contributed by atoms with Crippen LogP contribution in [0, 0.1) is 0 Å². The quantitative estimate of drug-likeness (QED) is 0.748. The molecule has 20 heavy (non-hydrogen) atoms. The van der Waals surface area contributed by atoms with E-state index in [-0.39, 0.29) is 6.42 Å². The molecular weight excluding hydrogens is 260 g/mol. The maximum atomic E-state index is 12.4. The van der Waals surface area contributed by atoms with E-state index in [4.69, 9.17) is 10.5 Å². The van der Waals surface area contributed by atoms with Crippen molar-refractivity contribution in [2.45, 2.75) is 12.0 Å². The molecule has 1 aliphatic heterocycles. The molecule has 0 aliphatic carbocycles. The van der Waals surface area contributed by atoms with Crippen LogP contribution in [0.4, 0.5) is 0 Å². The van der Waals surface area contributed by atoms with Crippen LogP contribution in [-0.4, -0.2) is 53.7 Å². The first-order valence-electron chi connectivity index (χ1n) is 6.47. The number of amides is 1. The van der Waals surface area contributed by atoms with Crippen LogP contribution in [0.3, 0.4) is 0 Å². The Labute approximate surface area is 117 Å². The lowest BCUT2D eigenvalue weighted by Crippen LogP contribution is -2.63. The average molecular weight is 278 g/mol.